The van der Waals surface area contributed by atoms with Crippen LogP contribution in [-0.4, -0.2) is 11.2 Å². The highest BCUT2D eigenvalue weighted by molar-refractivity contribution is 6.30. The molecule has 0 heterocycles. The molecule has 3 rings (SSSR count). The van der Waals surface area contributed by atoms with Crippen molar-refractivity contribution in [2.24, 2.45) is 5.92 Å². The van der Waals surface area contributed by atoms with E-state index in [2.05, 4.69) is 12.1 Å². The number of benzene rings is 1. The van der Waals surface area contributed by atoms with Gasteiger partial charge in [-0.15, -0.1) is 0 Å². The quantitative estimate of drug-likeness (QED) is 0.859. The van der Waals surface area contributed by atoms with E-state index >= 15 is 0 Å². The molecule has 2 saturated carbocycles. The molecule has 0 spiro atoms. The molecule has 1 aromatic carbocycles. The Balaban J connectivity index is 1.82. The summed E-state index contributed by atoms with van der Waals surface area (Å²) in [4.78, 5) is 0. The summed E-state index contributed by atoms with van der Waals surface area (Å²) in [5.41, 5.74) is 1.31. The van der Waals surface area contributed by atoms with Gasteiger partial charge in [-0.2, -0.15) is 0 Å². The molecule has 2 heteroatoms. The smallest absolute Gasteiger partial charge is 0.0639 e. The normalized spacial score (nSPS) is 24.1. The number of hydrogen-bond acceptors (Lipinski definition) is 1. The molecule has 1 nitrogen and oxygen atoms in total. The van der Waals surface area contributed by atoms with Crippen LogP contribution in [0.25, 0.3) is 0 Å². The van der Waals surface area contributed by atoms with Crippen LogP contribution in [0.4, 0.5) is 0 Å². The Bertz CT molecular complexity index is 390. The Morgan fingerprint density at radius 2 is 1.88 bits per heavy atom. The van der Waals surface area contributed by atoms with Crippen molar-refractivity contribution in [1.29, 1.82) is 0 Å². The minimum Gasteiger partial charge on any atom is -0.392 e. The number of rotatable bonds is 4. The summed E-state index contributed by atoms with van der Waals surface area (Å²) in [5.74, 6) is 0.787. The van der Waals surface area contributed by atoms with Gasteiger partial charge < -0.3 is 5.11 Å². The van der Waals surface area contributed by atoms with Gasteiger partial charge >= 0.3 is 0 Å². The van der Waals surface area contributed by atoms with Crippen molar-refractivity contribution in [3.8, 4) is 0 Å². The lowest BCUT2D eigenvalue weighted by Crippen LogP contribution is -2.45. The molecule has 1 aromatic rings. The van der Waals surface area contributed by atoms with E-state index in [9.17, 15) is 5.11 Å². The van der Waals surface area contributed by atoms with Crippen molar-refractivity contribution >= 4 is 11.6 Å². The van der Waals surface area contributed by atoms with E-state index in [0.29, 0.717) is 0 Å². The minimum absolute atomic E-state index is 0.0349. The van der Waals surface area contributed by atoms with E-state index < -0.39 is 0 Å². The van der Waals surface area contributed by atoms with Crippen molar-refractivity contribution in [1.82, 2.24) is 0 Å². The third-order valence-electron chi connectivity index (χ3n) is 4.56. The van der Waals surface area contributed by atoms with Gasteiger partial charge in [0.25, 0.3) is 0 Å². The highest BCUT2D eigenvalue weighted by atomic mass is 35.5. The molecular weight excluding hydrogens is 232 g/mol. The maximum atomic E-state index is 10.5. The maximum Gasteiger partial charge on any atom is 0.0639 e. The van der Waals surface area contributed by atoms with Crippen LogP contribution in [0.2, 0.25) is 5.02 Å². The van der Waals surface area contributed by atoms with Crippen LogP contribution >= 0.6 is 11.6 Å². The Morgan fingerprint density at radius 3 is 2.35 bits per heavy atom. The SMILES string of the molecule is O[C@@H](CC1CC1)C1(c2ccc(Cl)cc2)CCC1. The van der Waals surface area contributed by atoms with E-state index in [1.807, 2.05) is 12.1 Å². The van der Waals surface area contributed by atoms with Gasteiger partial charge in [-0.25, -0.2) is 0 Å². The summed E-state index contributed by atoms with van der Waals surface area (Å²) >= 11 is 5.93. The summed E-state index contributed by atoms with van der Waals surface area (Å²) in [6.07, 6.45) is 6.95. The van der Waals surface area contributed by atoms with Gasteiger partial charge in [-0.1, -0.05) is 43.0 Å². The number of hydrogen-bond donors (Lipinski definition) is 1. The summed E-state index contributed by atoms with van der Waals surface area (Å²) < 4.78 is 0. The van der Waals surface area contributed by atoms with Crippen LogP contribution < -0.4 is 0 Å². The molecule has 92 valence electrons. The van der Waals surface area contributed by atoms with Crippen molar-refractivity contribution < 1.29 is 5.11 Å². The molecule has 2 aliphatic rings. The Labute approximate surface area is 108 Å². The lowest BCUT2D eigenvalue weighted by atomic mass is 9.60. The van der Waals surface area contributed by atoms with Crippen LogP contribution in [0.15, 0.2) is 24.3 Å². The molecule has 0 amide bonds. The number of aliphatic hydroxyl groups excluding tert-OH is 1. The summed E-state index contributed by atoms with van der Waals surface area (Å²) in [6.45, 7) is 0. The van der Waals surface area contributed by atoms with Crippen LogP contribution in [0.3, 0.4) is 0 Å². The van der Waals surface area contributed by atoms with Gasteiger partial charge in [-0.05, 0) is 42.9 Å². The first-order valence-corrected chi connectivity index (χ1v) is 7.03. The Morgan fingerprint density at radius 1 is 1.24 bits per heavy atom. The minimum atomic E-state index is -0.162. The number of halogens is 1. The molecule has 0 aromatic heterocycles. The predicted molar refractivity (Wildman–Crippen MR) is 70.3 cm³/mol. The van der Waals surface area contributed by atoms with Crippen LogP contribution in [0, 0.1) is 5.92 Å². The molecule has 17 heavy (non-hydrogen) atoms. The van der Waals surface area contributed by atoms with Crippen molar-refractivity contribution in [2.75, 3.05) is 0 Å². The van der Waals surface area contributed by atoms with Crippen LogP contribution in [0.5, 0.6) is 0 Å². The molecule has 1 N–H and O–H groups in total. The van der Waals surface area contributed by atoms with Gasteiger partial charge in [0.15, 0.2) is 0 Å². The molecule has 0 unspecified atom stereocenters. The summed E-state index contributed by atoms with van der Waals surface area (Å²) in [5, 5.41) is 11.3. The second-order valence-corrected chi connectivity index (χ2v) is 6.15. The predicted octanol–water partition coefficient (Wildman–Crippen LogP) is 3.92. The van der Waals surface area contributed by atoms with E-state index in [0.717, 1.165) is 30.2 Å². The first-order chi connectivity index (χ1) is 8.21. The second kappa shape index (κ2) is 4.29. The van der Waals surface area contributed by atoms with Gasteiger partial charge in [0.1, 0.15) is 0 Å². The average molecular weight is 251 g/mol. The molecule has 2 fully saturated rings. The summed E-state index contributed by atoms with van der Waals surface area (Å²) in [7, 11) is 0. The highest BCUT2D eigenvalue weighted by Gasteiger charge is 2.46. The van der Waals surface area contributed by atoms with Gasteiger partial charge in [0.2, 0.25) is 0 Å². The lowest BCUT2D eigenvalue weighted by molar-refractivity contribution is 0.0184. The molecule has 1 atom stereocenters. The second-order valence-electron chi connectivity index (χ2n) is 5.71. The van der Waals surface area contributed by atoms with E-state index in [1.165, 1.54) is 24.8 Å². The zero-order valence-electron chi connectivity index (χ0n) is 10.0. The molecule has 0 bridgehead atoms. The monoisotopic (exact) mass is 250 g/mol. The molecule has 2 aliphatic carbocycles. The van der Waals surface area contributed by atoms with Crippen LogP contribution in [0.1, 0.15) is 44.1 Å². The third kappa shape index (κ3) is 2.11. The first kappa shape index (κ1) is 11.6. The average Bonchev–Trinajstić information content (AvgIpc) is 3.03. The van der Waals surface area contributed by atoms with Crippen molar-refractivity contribution in [3.05, 3.63) is 34.9 Å². The topological polar surface area (TPSA) is 20.2 Å². The summed E-state index contributed by atoms with van der Waals surface area (Å²) in [6, 6.07) is 8.08. The Hall–Kier alpha value is -0.530. The number of aliphatic hydroxyl groups is 1. The third-order valence-corrected chi connectivity index (χ3v) is 4.81. The van der Waals surface area contributed by atoms with E-state index in [4.69, 9.17) is 11.6 Å². The zero-order chi connectivity index (χ0) is 11.9. The van der Waals surface area contributed by atoms with Gasteiger partial charge in [0.05, 0.1) is 6.10 Å². The molecule has 0 saturated heterocycles. The fourth-order valence-electron chi connectivity index (χ4n) is 3.05. The van der Waals surface area contributed by atoms with E-state index in [1.54, 1.807) is 0 Å². The first-order valence-electron chi connectivity index (χ1n) is 6.65. The highest BCUT2D eigenvalue weighted by Crippen LogP contribution is 2.50. The van der Waals surface area contributed by atoms with Gasteiger partial charge in [-0.3, -0.25) is 0 Å². The largest absolute Gasteiger partial charge is 0.392 e. The fourth-order valence-corrected chi connectivity index (χ4v) is 3.17. The fraction of sp³-hybridized carbons (Fsp3) is 0.600. The lowest BCUT2D eigenvalue weighted by Gasteiger charge is -2.46. The molecule has 0 radical (unpaired) electrons. The van der Waals surface area contributed by atoms with Crippen molar-refractivity contribution in [2.45, 2.75) is 50.0 Å². The van der Waals surface area contributed by atoms with Crippen molar-refractivity contribution in [3.63, 3.8) is 0 Å². The van der Waals surface area contributed by atoms with Gasteiger partial charge in [0, 0.05) is 10.4 Å². The van der Waals surface area contributed by atoms with E-state index in [-0.39, 0.29) is 11.5 Å². The standard InChI is InChI=1S/C15H19ClO/c16-13-6-4-12(5-7-13)15(8-1-9-15)14(17)10-11-2-3-11/h4-7,11,14,17H,1-3,8-10H2/t14-/m0/s1. The zero-order valence-corrected chi connectivity index (χ0v) is 10.8. The molecular formula is C15H19ClO. The van der Waals surface area contributed by atoms with Crippen LogP contribution in [-0.2, 0) is 5.41 Å². The maximum absolute atomic E-state index is 10.5. The molecule has 0 aliphatic heterocycles. The Kier molecular flexibility index (Phi) is 2.92.